The summed E-state index contributed by atoms with van der Waals surface area (Å²) in [7, 11) is 0. The van der Waals surface area contributed by atoms with Gasteiger partial charge in [-0.15, -0.1) is 0 Å². The second-order valence-corrected chi connectivity index (χ2v) is 6.28. The molecule has 2 N–H and O–H groups in total. The van der Waals surface area contributed by atoms with Crippen LogP contribution >= 0.6 is 11.6 Å². The molecule has 2 rings (SSSR count). The van der Waals surface area contributed by atoms with E-state index in [4.69, 9.17) is 16.7 Å². The van der Waals surface area contributed by atoms with Gasteiger partial charge in [0, 0.05) is 42.1 Å². The number of allylic oxidation sites excluding steroid dienone is 2. The van der Waals surface area contributed by atoms with Crippen LogP contribution in [0.2, 0.25) is 5.02 Å². The fourth-order valence-corrected chi connectivity index (χ4v) is 2.84. The molecular weight excluding hydrogens is 312 g/mol. The fraction of sp³-hybridized carbons (Fsp3) is 0.500. The van der Waals surface area contributed by atoms with Gasteiger partial charge >= 0.3 is 0 Å². The van der Waals surface area contributed by atoms with E-state index in [0.717, 1.165) is 18.8 Å². The summed E-state index contributed by atoms with van der Waals surface area (Å²) in [5.74, 6) is -0.0386. The van der Waals surface area contributed by atoms with Crippen molar-refractivity contribution in [3.63, 3.8) is 0 Å². The third-order valence-electron chi connectivity index (χ3n) is 4.02. The predicted molar refractivity (Wildman–Crippen MR) is 93.9 cm³/mol. The van der Waals surface area contributed by atoms with E-state index in [1.165, 1.54) is 25.9 Å². The van der Waals surface area contributed by atoms with E-state index in [1.54, 1.807) is 30.3 Å². The first-order valence-corrected chi connectivity index (χ1v) is 8.64. The largest absolute Gasteiger partial charge is 0.396 e. The lowest BCUT2D eigenvalue weighted by atomic mass is 10.1. The summed E-state index contributed by atoms with van der Waals surface area (Å²) in [5, 5.41) is 13.0. The van der Waals surface area contributed by atoms with Crippen molar-refractivity contribution in [3.8, 4) is 0 Å². The summed E-state index contributed by atoms with van der Waals surface area (Å²) < 4.78 is 0. The molecule has 0 radical (unpaired) electrons. The molecule has 126 valence electrons. The molecular formula is C18H25ClN2O2. The highest BCUT2D eigenvalue weighted by Crippen LogP contribution is 2.12. The number of hydrogen-bond acceptors (Lipinski definition) is 4. The van der Waals surface area contributed by atoms with E-state index in [1.807, 2.05) is 0 Å². The third-order valence-corrected chi connectivity index (χ3v) is 4.27. The Balaban J connectivity index is 1.91. The first-order valence-electron chi connectivity index (χ1n) is 8.26. The summed E-state index contributed by atoms with van der Waals surface area (Å²) in [6, 6.07) is 6.90. The number of nitrogens with one attached hydrogen (secondary N) is 1. The SMILES string of the molecule is O=C(/C=C(\CCCO)NCCN1CCCC1)c1ccc(Cl)cc1. The first kappa shape index (κ1) is 18.0. The summed E-state index contributed by atoms with van der Waals surface area (Å²) in [6.45, 7) is 4.28. The Kier molecular flexibility index (Phi) is 7.59. The van der Waals surface area contributed by atoms with Crippen molar-refractivity contribution < 1.29 is 9.90 Å². The number of aliphatic hydroxyl groups is 1. The number of hydrogen-bond donors (Lipinski definition) is 2. The number of halogens is 1. The van der Waals surface area contributed by atoms with Crippen LogP contribution in [-0.4, -0.2) is 48.6 Å². The van der Waals surface area contributed by atoms with E-state index < -0.39 is 0 Å². The molecule has 23 heavy (non-hydrogen) atoms. The van der Waals surface area contributed by atoms with Gasteiger partial charge in [-0.25, -0.2) is 0 Å². The molecule has 1 aromatic rings. The lowest BCUT2D eigenvalue weighted by Crippen LogP contribution is -2.30. The molecule has 0 unspecified atom stereocenters. The van der Waals surface area contributed by atoms with E-state index in [2.05, 4.69) is 10.2 Å². The maximum absolute atomic E-state index is 12.3. The smallest absolute Gasteiger partial charge is 0.187 e. The van der Waals surface area contributed by atoms with Crippen LogP contribution in [-0.2, 0) is 0 Å². The Morgan fingerprint density at radius 1 is 1.26 bits per heavy atom. The van der Waals surface area contributed by atoms with Crippen molar-refractivity contribution in [1.82, 2.24) is 10.2 Å². The van der Waals surface area contributed by atoms with Gasteiger partial charge in [-0.05, 0) is 63.0 Å². The molecule has 1 heterocycles. The maximum atomic E-state index is 12.3. The van der Waals surface area contributed by atoms with Crippen molar-refractivity contribution in [2.45, 2.75) is 25.7 Å². The van der Waals surface area contributed by atoms with Gasteiger partial charge < -0.3 is 15.3 Å². The molecule has 1 aliphatic rings. The fourth-order valence-electron chi connectivity index (χ4n) is 2.72. The highest BCUT2D eigenvalue weighted by molar-refractivity contribution is 6.30. The number of likely N-dealkylation sites (tertiary alicyclic amines) is 1. The highest BCUT2D eigenvalue weighted by Gasteiger charge is 2.11. The molecule has 0 aliphatic carbocycles. The Morgan fingerprint density at radius 3 is 2.61 bits per heavy atom. The molecule has 0 bridgehead atoms. The number of aliphatic hydroxyl groups excluding tert-OH is 1. The van der Waals surface area contributed by atoms with Crippen LogP contribution < -0.4 is 5.32 Å². The van der Waals surface area contributed by atoms with Crippen LogP contribution in [0.15, 0.2) is 36.0 Å². The van der Waals surface area contributed by atoms with Gasteiger partial charge in [-0.3, -0.25) is 4.79 Å². The first-order chi connectivity index (χ1) is 11.2. The molecule has 0 aromatic heterocycles. The summed E-state index contributed by atoms with van der Waals surface area (Å²) >= 11 is 5.85. The molecule has 4 nitrogen and oxygen atoms in total. The maximum Gasteiger partial charge on any atom is 0.187 e. The topological polar surface area (TPSA) is 52.6 Å². The van der Waals surface area contributed by atoms with Crippen molar-refractivity contribution in [3.05, 3.63) is 46.6 Å². The Bertz CT molecular complexity index is 522. The van der Waals surface area contributed by atoms with Crippen LogP contribution in [0.3, 0.4) is 0 Å². The number of carbonyl (C=O) groups is 1. The molecule has 1 saturated heterocycles. The molecule has 1 aliphatic heterocycles. The zero-order valence-electron chi connectivity index (χ0n) is 13.4. The summed E-state index contributed by atoms with van der Waals surface area (Å²) in [6.07, 6.45) is 5.53. The zero-order valence-corrected chi connectivity index (χ0v) is 14.2. The Morgan fingerprint density at radius 2 is 1.96 bits per heavy atom. The quantitative estimate of drug-likeness (QED) is 0.538. The van der Waals surface area contributed by atoms with E-state index >= 15 is 0 Å². The van der Waals surface area contributed by atoms with Crippen molar-refractivity contribution in [2.75, 3.05) is 32.8 Å². The highest BCUT2D eigenvalue weighted by atomic mass is 35.5. The number of benzene rings is 1. The van der Waals surface area contributed by atoms with Crippen LogP contribution in [0.1, 0.15) is 36.0 Å². The second kappa shape index (κ2) is 9.71. The third kappa shape index (κ3) is 6.34. The molecule has 0 spiro atoms. The average Bonchev–Trinajstić information content (AvgIpc) is 3.06. The van der Waals surface area contributed by atoms with Gasteiger partial charge in [0.2, 0.25) is 0 Å². The second-order valence-electron chi connectivity index (χ2n) is 5.84. The monoisotopic (exact) mass is 336 g/mol. The minimum Gasteiger partial charge on any atom is -0.396 e. The van der Waals surface area contributed by atoms with Crippen molar-refractivity contribution >= 4 is 17.4 Å². The molecule has 1 fully saturated rings. The standard InChI is InChI=1S/C18H25ClN2O2/c19-16-7-5-15(6-8-16)18(23)14-17(4-3-13-22)20-9-12-21-10-1-2-11-21/h5-8,14,20,22H,1-4,9-13H2/b17-14+. The predicted octanol–water partition coefficient (Wildman–Crippen LogP) is 2.86. The van der Waals surface area contributed by atoms with E-state index in [9.17, 15) is 4.79 Å². The normalized spacial score (nSPS) is 15.8. The number of ketones is 1. The van der Waals surface area contributed by atoms with Crippen LogP contribution in [0.5, 0.6) is 0 Å². The molecule has 0 saturated carbocycles. The number of carbonyl (C=O) groups excluding carboxylic acids is 1. The average molecular weight is 337 g/mol. The van der Waals surface area contributed by atoms with Gasteiger partial charge in [0.25, 0.3) is 0 Å². The van der Waals surface area contributed by atoms with E-state index in [-0.39, 0.29) is 12.4 Å². The number of nitrogens with zero attached hydrogens (tertiary/aromatic N) is 1. The van der Waals surface area contributed by atoms with Crippen molar-refractivity contribution in [1.29, 1.82) is 0 Å². The van der Waals surface area contributed by atoms with Gasteiger partial charge in [0.15, 0.2) is 5.78 Å². The van der Waals surface area contributed by atoms with Crippen LogP contribution in [0.25, 0.3) is 0 Å². The molecule has 1 aromatic carbocycles. The molecule has 0 atom stereocenters. The van der Waals surface area contributed by atoms with E-state index in [0.29, 0.717) is 23.4 Å². The Hall–Kier alpha value is -1.36. The molecule has 0 amide bonds. The zero-order chi connectivity index (χ0) is 16.5. The Labute approximate surface area is 143 Å². The van der Waals surface area contributed by atoms with Crippen molar-refractivity contribution in [2.24, 2.45) is 0 Å². The minimum absolute atomic E-state index is 0.0386. The lowest BCUT2D eigenvalue weighted by Gasteiger charge is -2.17. The lowest BCUT2D eigenvalue weighted by molar-refractivity contribution is 0.104. The van der Waals surface area contributed by atoms with Gasteiger partial charge in [0.1, 0.15) is 0 Å². The van der Waals surface area contributed by atoms with Crippen LogP contribution in [0.4, 0.5) is 0 Å². The van der Waals surface area contributed by atoms with Gasteiger partial charge in [-0.2, -0.15) is 0 Å². The molecule has 5 heteroatoms. The summed E-state index contributed by atoms with van der Waals surface area (Å²) in [4.78, 5) is 14.7. The van der Waals surface area contributed by atoms with Gasteiger partial charge in [-0.1, -0.05) is 11.6 Å². The van der Waals surface area contributed by atoms with Crippen LogP contribution in [0, 0.1) is 0 Å². The minimum atomic E-state index is -0.0386. The summed E-state index contributed by atoms with van der Waals surface area (Å²) in [5.41, 5.74) is 1.51. The van der Waals surface area contributed by atoms with Gasteiger partial charge in [0.05, 0.1) is 0 Å². The number of rotatable bonds is 9.